The summed E-state index contributed by atoms with van der Waals surface area (Å²) in [6.45, 7) is 2.81. The molecule has 0 bridgehead atoms. The van der Waals surface area contributed by atoms with E-state index >= 15 is 0 Å². The maximum Gasteiger partial charge on any atom is 0.330 e. The van der Waals surface area contributed by atoms with Gasteiger partial charge in [0, 0.05) is 23.4 Å². The fourth-order valence-corrected chi connectivity index (χ4v) is 5.80. The Bertz CT molecular complexity index is 945. The van der Waals surface area contributed by atoms with Crippen LogP contribution in [0, 0.1) is 24.3 Å². The Morgan fingerprint density at radius 2 is 1.94 bits per heavy atom. The Morgan fingerprint density at radius 1 is 1.31 bits per heavy atom. The van der Waals surface area contributed by atoms with Gasteiger partial charge in [0.05, 0.1) is 18.5 Å². The molecule has 0 heterocycles. The number of nitrogens with zero attached hydrogens (tertiary/aromatic N) is 1. The Hall–Kier alpha value is -2.23. The van der Waals surface area contributed by atoms with Gasteiger partial charge in [0.25, 0.3) is 0 Å². The summed E-state index contributed by atoms with van der Waals surface area (Å²) in [6, 6.07) is 7.35. The fraction of sp³-hybridized carbons (Fsp3) is 0.560. The van der Waals surface area contributed by atoms with E-state index < -0.39 is 23.7 Å². The van der Waals surface area contributed by atoms with Crippen LogP contribution in [0.25, 0.3) is 0 Å². The van der Waals surface area contributed by atoms with Gasteiger partial charge in [-0.15, -0.1) is 0 Å². The lowest BCUT2D eigenvalue weighted by atomic mass is 9.67. The van der Waals surface area contributed by atoms with Gasteiger partial charge in [-0.25, -0.2) is 9.18 Å². The molecule has 2 amide bonds. The Kier molecular flexibility index (Phi) is 7.12. The first kappa shape index (κ1) is 24.4. The number of rotatable bonds is 7. The molecule has 2 aliphatic rings. The molecule has 5 nitrogen and oxygen atoms in total. The van der Waals surface area contributed by atoms with Gasteiger partial charge in [0.15, 0.2) is 0 Å². The summed E-state index contributed by atoms with van der Waals surface area (Å²) < 4.78 is 14.3. The van der Waals surface area contributed by atoms with Crippen molar-refractivity contribution >= 4 is 29.7 Å². The van der Waals surface area contributed by atoms with Gasteiger partial charge in [0.2, 0.25) is 5.91 Å². The van der Waals surface area contributed by atoms with Crippen molar-refractivity contribution < 1.29 is 23.3 Å². The summed E-state index contributed by atoms with van der Waals surface area (Å²) in [6.07, 6.45) is 9.75. The van der Waals surface area contributed by atoms with E-state index in [0.29, 0.717) is 22.4 Å². The van der Waals surface area contributed by atoms with Gasteiger partial charge in [-0.05, 0) is 50.3 Å². The highest BCUT2D eigenvalue weighted by atomic mass is 35.5. The average Bonchev–Trinajstić information content (AvgIpc) is 3.23. The van der Waals surface area contributed by atoms with Crippen molar-refractivity contribution in [2.75, 3.05) is 7.05 Å². The lowest BCUT2D eigenvalue weighted by molar-refractivity contribution is -0.808. The summed E-state index contributed by atoms with van der Waals surface area (Å²) in [5.74, 6) is -0.865. The minimum Gasteiger partial charge on any atom is -0.344 e. The first-order valence-electron chi connectivity index (χ1n) is 11.1. The third kappa shape index (κ3) is 4.46. The van der Waals surface area contributed by atoms with E-state index in [1.165, 1.54) is 13.8 Å². The molecule has 2 unspecified atom stereocenters. The maximum absolute atomic E-state index is 14.6. The molecule has 7 heteroatoms. The van der Waals surface area contributed by atoms with Gasteiger partial charge in [-0.1, -0.05) is 36.9 Å². The van der Waals surface area contributed by atoms with Crippen LogP contribution in [0.2, 0.25) is 5.02 Å². The second kappa shape index (κ2) is 9.33. The maximum atomic E-state index is 14.6. The number of aldehydes is 1. The zero-order valence-electron chi connectivity index (χ0n) is 18.9. The zero-order chi connectivity index (χ0) is 23.7. The molecule has 3 rings (SSSR count). The summed E-state index contributed by atoms with van der Waals surface area (Å²) in [5.41, 5.74) is 0.146. The Labute approximate surface area is 194 Å². The largest absolute Gasteiger partial charge is 0.344 e. The molecule has 0 radical (unpaired) electrons. The van der Waals surface area contributed by atoms with Crippen LogP contribution in [-0.4, -0.2) is 35.2 Å². The molecule has 0 saturated heterocycles. The number of amides is 2. The van der Waals surface area contributed by atoms with E-state index in [2.05, 4.69) is 11.4 Å². The molecular formula is C25H31ClFN2O3+. The van der Waals surface area contributed by atoms with Crippen molar-refractivity contribution in [2.24, 2.45) is 11.8 Å². The summed E-state index contributed by atoms with van der Waals surface area (Å²) in [4.78, 5) is 36.9. The number of carbonyl (C=O) groups excluding carboxylic acids is 3. The molecule has 3 atom stereocenters. The van der Waals surface area contributed by atoms with Crippen LogP contribution in [0.4, 0.5) is 4.39 Å². The molecule has 32 heavy (non-hydrogen) atoms. The van der Waals surface area contributed by atoms with Crippen molar-refractivity contribution in [2.45, 2.75) is 70.1 Å². The van der Waals surface area contributed by atoms with Gasteiger partial charge in [-0.2, -0.15) is 4.48 Å². The molecule has 0 aliphatic heterocycles. The summed E-state index contributed by atoms with van der Waals surface area (Å²) in [5, 5.41) is 3.13. The number of terminal acetylenes is 1. The first-order valence-corrected chi connectivity index (χ1v) is 11.5. The highest BCUT2D eigenvalue weighted by Gasteiger charge is 2.56. The predicted octanol–water partition coefficient (Wildman–Crippen LogP) is 4.65. The minimum absolute atomic E-state index is 0.113. The van der Waals surface area contributed by atoms with Crippen molar-refractivity contribution in [3.05, 3.63) is 34.3 Å². The van der Waals surface area contributed by atoms with Crippen molar-refractivity contribution in [1.82, 2.24) is 5.32 Å². The molecule has 2 saturated carbocycles. The summed E-state index contributed by atoms with van der Waals surface area (Å²) >= 11 is 6.31. The van der Waals surface area contributed by atoms with E-state index in [1.54, 1.807) is 25.2 Å². The van der Waals surface area contributed by atoms with Crippen LogP contribution in [0.1, 0.15) is 75.7 Å². The molecule has 2 fully saturated rings. The third-order valence-electron chi connectivity index (χ3n) is 7.15. The SMILES string of the molecule is C#C[N+](C)(C(=O)C1CC(C=O)(NC(C)=O)C1)[C@H](c1cc(Cl)ccc1C(C)F)C1CCCC1. The normalized spacial score (nSPS) is 26.8. The lowest BCUT2D eigenvalue weighted by Crippen LogP contribution is -2.64. The second-order valence-corrected chi connectivity index (χ2v) is 9.92. The van der Waals surface area contributed by atoms with E-state index in [0.717, 1.165) is 25.7 Å². The number of alkyl halides is 1. The molecule has 0 aromatic heterocycles. The van der Waals surface area contributed by atoms with Gasteiger partial charge < -0.3 is 10.1 Å². The van der Waals surface area contributed by atoms with Gasteiger partial charge in [0.1, 0.15) is 24.5 Å². The first-order chi connectivity index (χ1) is 15.1. The smallest absolute Gasteiger partial charge is 0.330 e. The molecule has 172 valence electrons. The average molecular weight is 462 g/mol. The molecule has 0 spiro atoms. The quantitative estimate of drug-likeness (QED) is 0.365. The van der Waals surface area contributed by atoms with Crippen LogP contribution < -0.4 is 5.32 Å². The molecular weight excluding hydrogens is 431 g/mol. The van der Waals surface area contributed by atoms with E-state index in [9.17, 15) is 18.8 Å². The number of hydrogen-bond acceptors (Lipinski definition) is 3. The molecule has 1 aromatic rings. The minimum atomic E-state index is -1.24. The third-order valence-corrected chi connectivity index (χ3v) is 7.38. The topological polar surface area (TPSA) is 63.2 Å². The van der Waals surface area contributed by atoms with E-state index in [4.69, 9.17) is 18.0 Å². The van der Waals surface area contributed by atoms with E-state index in [1.807, 2.05) is 0 Å². The number of halogens is 2. The number of hydrogen-bond donors (Lipinski definition) is 1. The van der Waals surface area contributed by atoms with Crippen LogP contribution in [0.5, 0.6) is 0 Å². The number of nitrogens with one attached hydrogen (secondary N) is 1. The standard InChI is InChI=1S/C25H30ClFN2O3/c1-5-29(4,24(32)19-13-25(14-19,15-30)28-17(3)31)23(18-8-6-7-9-18)22-12-20(26)10-11-21(22)16(2)27/h1,10-12,15-16,18-19,23H,6-9,13-14H2,2-4H3/p+1/t16?,19?,23-,25?,29?/m0/s1. The summed E-state index contributed by atoms with van der Waals surface area (Å²) in [7, 11) is 1.71. The number of benzene rings is 1. The van der Waals surface area contributed by atoms with Crippen molar-refractivity contribution in [3.63, 3.8) is 0 Å². The van der Waals surface area contributed by atoms with Gasteiger partial charge in [-0.3, -0.25) is 4.79 Å². The van der Waals surface area contributed by atoms with Crippen LogP contribution in [0.15, 0.2) is 18.2 Å². The number of carbonyl (C=O) groups is 3. The van der Waals surface area contributed by atoms with E-state index in [-0.39, 0.29) is 35.1 Å². The molecule has 1 N–H and O–H groups in total. The van der Waals surface area contributed by atoms with Gasteiger partial charge >= 0.3 is 5.91 Å². The van der Waals surface area contributed by atoms with Crippen molar-refractivity contribution in [3.8, 4) is 12.5 Å². The van der Waals surface area contributed by atoms with Crippen LogP contribution in [0.3, 0.4) is 0 Å². The highest BCUT2D eigenvalue weighted by molar-refractivity contribution is 6.30. The Morgan fingerprint density at radius 3 is 2.44 bits per heavy atom. The number of quaternary nitrogens is 1. The molecule has 2 aliphatic carbocycles. The lowest BCUT2D eigenvalue weighted by Gasteiger charge is -2.46. The van der Waals surface area contributed by atoms with Crippen LogP contribution in [-0.2, 0) is 14.4 Å². The monoisotopic (exact) mass is 461 g/mol. The predicted molar refractivity (Wildman–Crippen MR) is 121 cm³/mol. The van der Waals surface area contributed by atoms with Crippen LogP contribution >= 0.6 is 11.6 Å². The molecule has 1 aromatic carbocycles. The zero-order valence-corrected chi connectivity index (χ0v) is 19.6. The van der Waals surface area contributed by atoms with Crippen molar-refractivity contribution in [1.29, 1.82) is 0 Å². The fourth-order valence-electron chi connectivity index (χ4n) is 5.62. The Balaban J connectivity index is 2.01. The highest BCUT2D eigenvalue weighted by Crippen LogP contribution is 2.48. The second-order valence-electron chi connectivity index (χ2n) is 9.48.